The van der Waals surface area contributed by atoms with Crippen LogP contribution in [0.4, 0.5) is 0 Å². The van der Waals surface area contributed by atoms with E-state index in [0.717, 1.165) is 12.3 Å². The monoisotopic (exact) mass is 648 g/mol. The Morgan fingerprint density at radius 3 is 2.38 bits per heavy atom. The molecule has 0 aromatic carbocycles. The van der Waals surface area contributed by atoms with Crippen LogP contribution in [-0.4, -0.2) is 119 Å². The fourth-order valence-corrected chi connectivity index (χ4v) is 6.01. The lowest BCUT2D eigenvalue weighted by molar-refractivity contribution is -0.247. The number of rotatable bonds is 12. The summed E-state index contributed by atoms with van der Waals surface area (Å²) < 4.78 is 49.3. The third-order valence-corrected chi connectivity index (χ3v) is 8.39. The molecule has 42 heavy (non-hydrogen) atoms. The summed E-state index contributed by atoms with van der Waals surface area (Å²) in [6.45, 7) is -2.85. The highest BCUT2D eigenvalue weighted by molar-refractivity contribution is 7.61. The molecular weight excluding hydrogens is 622 g/mol. The van der Waals surface area contributed by atoms with Crippen LogP contribution < -0.4 is 16.6 Å². The van der Waals surface area contributed by atoms with Crippen LogP contribution in [0.5, 0.6) is 0 Å². The van der Waals surface area contributed by atoms with Gasteiger partial charge in [0.25, 0.3) is 5.56 Å². The third-order valence-electron chi connectivity index (χ3n) is 5.79. The fraction of sp³-hybridized carbons (Fsp3) is 0.706. The van der Waals surface area contributed by atoms with Crippen molar-refractivity contribution >= 4 is 21.6 Å². The van der Waals surface area contributed by atoms with E-state index in [1.807, 2.05) is 10.3 Å². The van der Waals surface area contributed by atoms with Crippen LogP contribution in [0.15, 0.2) is 27.0 Å². The Morgan fingerprint density at radius 2 is 1.76 bits per heavy atom. The third kappa shape index (κ3) is 8.29. The zero-order chi connectivity index (χ0) is 31.4. The quantitative estimate of drug-likeness (QED) is 0.0447. The van der Waals surface area contributed by atoms with E-state index >= 15 is 0 Å². The van der Waals surface area contributed by atoms with Crippen LogP contribution in [-0.2, 0) is 36.8 Å². The van der Waals surface area contributed by atoms with Gasteiger partial charge in [0.15, 0.2) is 12.5 Å². The van der Waals surface area contributed by atoms with Gasteiger partial charge in [-0.15, -0.1) is 0 Å². The molecule has 0 radical (unpaired) electrons. The Kier molecular flexibility index (Phi) is 11.2. The highest BCUT2D eigenvalue weighted by Gasteiger charge is 2.50. The molecule has 2 aliphatic rings. The Bertz CT molecular complexity index is 1380. The molecule has 11 atom stereocenters. The van der Waals surface area contributed by atoms with Gasteiger partial charge in [0.1, 0.15) is 49.2 Å². The minimum Gasteiger partial charge on any atom is -0.394 e. The number of carbonyl (C=O) groups is 1. The van der Waals surface area contributed by atoms with Crippen LogP contribution in [0, 0.1) is 0 Å². The van der Waals surface area contributed by atoms with E-state index in [1.165, 1.54) is 0 Å². The van der Waals surface area contributed by atoms with Crippen molar-refractivity contribution in [2.45, 2.75) is 55.2 Å². The zero-order valence-corrected chi connectivity index (χ0v) is 22.7. The van der Waals surface area contributed by atoms with Gasteiger partial charge in [-0.05, 0) is 5.53 Å². The number of H-pyrrole nitrogens is 1. The largest absolute Gasteiger partial charge is 0.483 e. The number of ether oxygens (including phenoxy) is 2. The normalized spacial score (nSPS) is 34.1. The Labute approximate surface area is 232 Å². The second kappa shape index (κ2) is 13.8. The molecule has 23 nitrogen and oxygen atoms in total. The molecule has 0 aliphatic carbocycles. The lowest BCUT2D eigenvalue weighted by atomic mass is 9.97. The number of amides is 1. The number of hydrogen-bond acceptors (Lipinski definition) is 16. The maximum Gasteiger partial charge on any atom is 0.483 e. The summed E-state index contributed by atoms with van der Waals surface area (Å²) >= 11 is 0. The topological polar surface area (TPSA) is 355 Å². The summed E-state index contributed by atoms with van der Waals surface area (Å²) in [6, 6.07) is -0.958. The SMILES string of the molecule is [N-]=[N+]=NCC(=O)NC1[C@H](OP(=O)(O)OP(=O)(O)OC[C@H]2O[C@@H](n3ccc(=O)[nH]c3=O)[C@@H](O)C2O)OC(CO)[C@H](O)[C@@H]1O. The van der Waals surface area contributed by atoms with Crippen LogP contribution in [0.2, 0.25) is 0 Å². The van der Waals surface area contributed by atoms with Crippen molar-refractivity contribution in [3.05, 3.63) is 43.5 Å². The van der Waals surface area contributed by atoms with Gasteiger partial charge in [0, 0.05) is 17.2 Å². The van der Waals surface area contributed by atoms with Gasteiger partial charge in [-0.1, -0.05) is 5.11 Å². The second-order valence-electron chi connectivity index (χ2n) is 8.67. The number of nitrogens with one attached hydrogen (secondary N) is 2. The van der Waals surface area contributed by atoms with Crippen molar-refractivity contribution < 1.29 is 72.1 Å². The number of phosphoric ester groups is 2. The Morgan fingerprint density at radius 1 is 1.10 bits per heavy atom. The van der Waals surface area contributed by atoms with Crippen LogP contribution in [0.3, 0.4) is 0 Å². The lowest BCUT2D eigenvalue weighted by Crippen LogP contribution is -2.64. The summed E-state index contributed by atoms with van der Waals surface area (Å²) in [7, 11) is -11.3. The Hall–Kier alpha value is -2.56. The minimum atomic E-state index is -5.73. The first kappa shape index (κ1) is 33.9. The van der Waals surface area contributed by atoms with Crippen molar-refractivity contribution in [3.63, 3.8) is 0 Å². The smallest absolute Gasteiger partial charge is 0.394 e. The predicted molar refractivity (Wildman–Crippen MR) is 129 cm³/mol. The molecule has 1 aromatic heterocycles. The van der Waals surface area contributed by atoms with E-state index in [-0.39, 0.29) is 0 Å². The molecule has 3 heterocycles. The molecule has 0 spiro atoms. The average Bonchev–Trinajstić information content (AvgIpc) is 3.18. The fourth-order valence-electron chi connectivity index (χ4n) is 3.85. The maximum atomic E-state index is 12.5. The zero-order valence-electron chi connectivity index (χ0n) is 20.9. The molecule has 9 N–H and O–H groups in total. The van der Waals surface area contributed by atoms with Crippen LogP contribution in [0.1, 0.15) is 6.23 Å². The van der Waals surface area contributed by atoms with E-state index in [1.54, 1.807) is 0 Å². The number of aliphatic hydroxyl groups is 5. The number of azide groups is 1. The number of phosphoric acid groups is 2. The summed E-state index contributed by atoms with van der Waals surface area (Å²) in [5.41, 5.74) is 6.54. The highest BCUT2D eigenvalue weighted by atomic mass is 31.3. The van der Waals surface area contributed by atoms with Crippen molar-refractivity contribution in [1.82, 2.24) is 14.9 Å². The highest BCUT2D eigenvalue weighted by Crippen LogP contribution is 2.61. The summed E-state index contributed by atoms with van der Waals surface area (Å²) in [5.74, 6) is -1.08. The lowest BCUT2D eigenvalue weighted by Gasteiger charge is -2.42. The van der Waals surface area contributed by atoms with Gasteiger partial charge in [0.05, 0.1) is 13.2 Å². The van der Waals surface area contributed by atoms with Crippen molar-refractivity contribution in [3.8, 4) is 0 Å². The number of hydrogen-bond donors (Lipinski definition) is 9. The number of aliphatic hydroxyl groups excluding tert-OH is 5. The van der Waals surface area contributed by atoms with Crippen LogP contribution in [0.25, 0.3) is 10.4 Å². The number of aromatic nitrogens is 2. The van der Waals surface area contributed by atoms with Gasteiger partial charge in [0.2, 0.25) is 5.91 Å². The minimum absolute atomic E-state index is 0.705. The van der Waals surface area contributed by atoms with E-state index in [0.29, 0.717) is 4.57 Å². The molecule has 0 bridgehead atoms. The van der Waals surface area contributed by atoms with Crippen molar-refractivity contribution in [2.24, 2.45) is 5.11 Å². The standard InChI is InChI=1S/C17H26N6O17P2/c18-22-19-3-9(26)20-10-13(29)11(27)6(4-24)38-16(10)39-42(34,35)40-41(32,33)36-5-7-12(28)14(30)15(37-7)23-2-1-8(25)21-17(23)31/h1-2,6-7,10-16,24,27-30H,3-5H2,(H,20,26)(H,32,33)(H,34,35)(H,21,25,31)/t6?,7-,10?,11+,12?,13-,14+,15-,16+/m1/s1. The summed E-state index contributed by atoms with van der Waals surface area (Å²) in [5, 5.41) is 55.1. The molecule has 2 aliphatic heterocycles. The van der Waals surface area contributed by atoms with E-state index < -0.39 is 108 Å². The van der Waals surface area contributed by atoms with Crippen LogP contribution >= 0.6 is 15.6 Å². The van der Waals surface area contributed by atoms with Gasteiger partial charge in [-0.3, -0.25) is 28.2 Å². The van der Waals surface area contributed by atoms with Gasteiger partial charge in [-0.2, -0.15) is 4.31 Å². The molecule has 1 aromatic rings. The molecule has 5 unspecified atom stereocenters. The first-order valence-electron chi connectivity index (χ1n) is 11.5. The molecule has 25 heteroatoms. The maximum absolute atomic E-state index is 12.5. The summed E-state index contributed by atoms with van der Waals surface area (Å²) in [6.07, 6.45) is -13.6. The van der Waals surface area contributed by atoms with E-state index in [4.69, 9.17) is 15.0 Å². The molecule has 2 fully saturated rings. The Balaban J connectivity index is 1.67. The van der Waals surface area contributed by atoms with E-state index in [2.05, 4.69) is 23.4 Å². The van der Waals surface area contributed by atoms with Gasteiger partial charge >= 0.3 is 21.3 Å². The molecule has 2 saturated heterocycles. The molecule has 0 saturated carbocycles. The van der Waals surface area contributed by atoms with E-state index in [9.17, 15) is 58.8 Å². The molecule has 3 rings (SSSR count). The summed E-state index contributed by atoms with van der Waals surface area (Å²) in [4.78, 5) is 59.4. The first-order chi connectivity index (χ1) is 19.6. The molecule has 1 amide bonds. The average molecular weight is 648 g/mol. The second-order valence-corrected chi connectivity index (χ2v) is 11.7. The van der Waals surface area contributed by atoms with Crippen molar-refractivity contribution in [1.29, 1.82) is 0 Å². The van der Waals surface area contributed by atoms with Gasteiger partial charge in [-0.25, -0.2) is 13.9 Å². The molecule has 236 valence electrons. The van der Waals surface area contributed by atoms with Gasteiger partial charge < -0.3 is 50.1 Å². The van der Waals surface area contributed by atoms with Crippen molar-refractivity contribution in [2.75, 3.05) is 19.8 Å². The number of aromatic amines is 1. The first-order valence-corrected chi connectivity index (χ1v) is 14.5. The predicted octanol–water partition coefficient (Wildman–Crippen LogP) is -4.36. The number of nitrogens with zero attached hydrogens (tertiary/aromatic N) is 4. The molecular formula is C17H26N6O17P2. The number of carbonyl (C=O) groups excluding carboxylic acids is 1.